The van der Waals surface area contributed by atoms with Crippen LogP contribution in [0.25, 0.3) is 0 Å². The van der Waals surface area contributed by atoms with E-state index in [0.29, 0.717) is 12.6 Å². The van der Waals surface area contributed by atoms with Crippen molar-refractivity contribution in [1.82, 2.24) is 15.5 Å². The number of nitrogens with zero attached hydrogens (tertiary/aromatic N) is 2. The lowest BCUT2D eigenvalue weighted by atomic mass is 10.1. The zero-order chi connectivity index (χ0) is 15.4. The van der Waals surface area contributed by atoms with Gasteiger partial charge < -0.3 is 15.5 Å². The van der Waals surface area contributed by atoms with Gasteiger partial charge in [0.1, 0.15) is 5.82 Å². The fraction of sp³-hybridized carbons (Fsp3) is 0.562. The third kappa shape index (κ3) is 4.43. The zero-order valence-corrected chi connectivity index (χ0v) is 13.2. The fourth-order valence-corrected chi connectivity index (χ4v) is 2.40. The molecule has 1 saturated carbocycles. The molecule has 21 heavy (non-hydrogen) atoms. The van der Waals surface area contributed by atoms with Crippen LogP contribution in [0.4, 0.5) is 4.39 Å². The van der Waals surface area contributed by atoms with E-state index >= 15 is 0 Å². The Balaban J connectivity index is 1.96. The first kappa shape index (κ1) is 15.8. The fourth-order valence-electron chi connectivity index (χ4n) is 2.40. The summed E-state index contributed by atoms with van der Waals surface area (Å²) in [6.45, 7) is 2.90. The first-order chi connectivity index (χ1) is 10.0. The van der Waals surface area contributed by atoms with E-state index in [1.807, 2.05) is 20.2 Å². The number of likely N-dealkylation sites (N-methyl/N-ethyl adjacent to an activating group) is 1. The summed E-state index contributed by atoms with van der Waals surface area (Å²) in [7, 11) is 5.77. The Morgan fingerprint density at radius 3 is 2.71 bits per heavy atom. The second kappa shape index (κ2) is 6.89. The van der Waals surface area contributed by atoms with Gasteiger partial charge in [-0.1, -0.05) is 19.1 Å². The summed E-state index contributed by atoms with van der Waals surface area (Å²) in [5, 5.41) is 6.73. The molecule has 0 amide bonds. The molecule has 2 rings (SSSR count). The van der Waals surface area contributed by atoms with Crippen molar-refractivity contribution in [2.75, 3.05) is 27.7 Å². The summed E-state index contributed by atoms with van der Waals surface area (Å²) < 4.78 is 13.4. The number of guanidine groups is 1. The summed E-state index contributed by atoms with van der Waals surface area (Å²) in [4.78, 5) is 6.33. The standard InChI is InChI=1S/C16H25FN4/c1-11-8-14(11)20-16(18-2)19-10-15(21(3)4)12-6-5-7-13(17)9-12/h5-7,9,11,14-15H,8,10H2,1-4H3,(H2,18,19,20). The Morgan fingerprint density at radius 1 is 1.48 bits per heavy atom. The maximum Gasteiger partial charge on any atom is 0.191 e. The minimum atomic E-state index is -0.200. The molecule has 3 unspecified atom stereocenters. The quantitative estimate of drug-likeness (QED) is 0.644. The zero-order valence-electron chi connectivity index (χ0n) is 13.2. The van der Waals surface area contributed by atoms with Crippen LogP contribution in [0.2, 0.25) is 0 Å². The van der Waals surface area contributed by atoms with Crippen molar-refractivity contribution in [3.63, 3.8) is 0 Å². The summed E-state index contributed by atoms with van der Waals surface area (Å²) in [5.74, 6) is 1.33. The predicted octanol–water partition coefficient (Wildman–Crippen LogP) is 2.00. The largest absolute Gasteiger partial charge is 0.354 e. The number of hydrogen-bond acceptors (Lipinski definition) is 2. The molecule has 1 aromatic carbocycles. The highest BCUT2D eigenvalue weighted by atomic mass is 19.1. The van der Waals surface area contributed by atoms with Crippen LogP contribution in [0.1, 0.15) is 24.9 Å². The number of halogens is 1. The van der Waals surface area contributed by atoms with Crippen molar-refractivity contribution < 1.29 is 4.39 Å². The second-order valence-electron chi connectivity index (χ2n) is 5.95. The van der Waals surface area contributed by atoms with Crippen LogP contribution >= 0.6 is 0 Å². The first-order valence-electron chi connectivity index (χ1n) is 7.40. The van der Waals surface area contributed by atoms with Crippen molar-refractivity contribution in [1.29, 1.82) is 0 Å². The minimum Gasteiger partial charge on any atom is -0.354 e. The molecule has 116 valence electrons. The number of aliphatic imine (C=N–C) groups is 1. The molecule has 0 aliphatic heterocycles. The molecule has 1 aliphatic rings. The molecule has 1 aromatic rings. The van der Waals surface area contributed by atoms with Gasteiger partial charge in [0.2, 0.25) is 0 Å². The van der Waals surface area contributed by atoms with Gasteiger partial charge in [0.25, 0.3) is 0 Å². The van der Waals surface area contributed by atoms with E-state index in [-0.39, 0.29) is 11.9 Å². The van der Waals surface area contributed by atoms with Crippen LogP contribution in [0.3, 0.4) is 0 Å². The van der Waals surface area contributed by atoms with Gasteiger partial charge in [0.05, 0.1) is 6.04 Å². The normalized spacial score (nSPS) is 23.0. The first-order valence-corrected chi connectivity index (χ1v) is 7.40. The third-order valence-electron chi connectivity index (χ3n) is 3.97. The smallest absolute Gasteiger partial charge is 0.191 e. The SMILES string of the molecule is CN=C(NCC(c1cccc(F)c1)N(C)C)NC1CC1C. The van der Waals surface area contributed by atoms with Crippen LogP contribution in [0.15, 0.2) is 29.3 Å². The van der Waals surface area contributed by atoms with Crippen molar-refractivity contribution in [2.45, 2.75) is 25.4 Å². The molecule has 5 heteroatoms. The van der Waals surface area contributed by atoms with Gasteiger partial charge in [-0.05, 0) is 44.1 Å². The summed E-state index contributed by atoms with van der Waals surface area (Å²) >= 11 is 0. The molecule has 2 N–H and O–H groups in total. The van der Waals surface area contributed by atoms with Crippen molar-refractivity contribution >= 4 is 5.96 Å². The Morgan fingerprint density at radius 2 is 2.19 bits per heavy atom. The monoisotopic (exact) mass is 292 g/mol. The van der Waals surface area contributed by atoms with Gasteiger partial charge >= 0.3 is 0 Å². The van der Waals surface area contributed by atoms with Crippen LogP contribution in [0, 0.1) is 11.7 Å². The van der Waals surface area contributed by atoms with Crippen molar-refractivity contribution in [2.24, 2.45) is 10.9 Å². The highest BCUT2D eigenvalue weighted by Gasteiger charge is 2.33. The van der Waals surface area contributed by atoms with E-state index in [1.165, 1.54) is 12.5 Å². The highest BCUT2D eigenvalue weighted by molar-refractivity contribution is 5.80. The van der Waals surface area contributed by atoms with Gasteiger partial charge in [-0.25, -0.2) is 4.39 Å². The number of nitrogens with one attached hydrogen (secondary N) is 2. The molecule has 1 aliphatic carbocycles. The summed E-state index contributed by atoms with van der Waals surface area (Å²) in [6.07, 6.45) is 1.20. The lowest BCUT2D eigenvalue weighted by Gasteiger charge is -2.26. The lowest BCUT2D eigenvalue weighted by molar-refractivity contribution is 0.297. The number of rotatable bonds is 5. The maximum absolute atomic E-state index is 13.4. The van der Waals surface area contributed by atoms with Gasteiger partial charge in [0.15, 0.2) is 5.96 Å². The topological polar surface area (TPSA) is 39.7 Å². The van der Waals surface area contributed by atoms with Gasteiger partial charge in [-0.15, -0.1) is 0 Å². The van der Waals surface area contributed by atoms with Crippen molar-refractivity contribution in [3.8, 4) is 0 Å². The van der Waals surface area contributed by atoms with Crippen LogP contribution in [-0.4, -0.2) is 44.6 Å². The molecule has 0 radical (unpaired) electrons. The minimum absolute atomic E-state index is 0.0934. The number of hydrogen-bond donors (Lipinski definition) is 2. The Kier molecular flexibility index (Phi) is 5.17. The van der Waals surface area contributed by atoms with E-state index < -0.39 is 0 Å². The third-order valence-corrected chi connectivity index (χ3v) is 3.97. The molecule has 0 bridgehead atoms. The highest BCUT2D eigenvalue weighted by Crippen LogP contribution is 2.28. The van der Waals surface area contributed by atoms with E-state index in [4.69, 9.17) is 0 Å². The molecule has 4 nitrogen and oxygen atoms in total. The Labute approximate surface area is 126 Å². The average Bonchev–Trinajstić information content (AvgIpc) is 3.12. The molecule has 1 fully saturated rings. The van der Waals surface area contributed by atoms with Gasteiger partial charge in [0, 0.05) is 19.6 Å². The van der Waals surface area contributed by atoms with Crippen LogP contribution in [0.5, 0.6) is 0 Å². The van der Waals surface area contributed by atoms with E-state index in [2.05, 4.69) is 27.4 Å². The lowest BCUT2D eigenvalue weighted by Crippen LogP contribution is -2.42. The van der Waals surface area contributed by atoms with Crippen LogP contribution < -0.4 is 10.6 Å². The Hall–Kier alpha value is -1.62. The molecular formula is C16H25FN4. The molecular weight excluding hydrogens is 267 g/mol. The molecule has 3 atom stereocenters. The van der Waals surface area contributed by atoms with E-state index in [9.17, 15) is 4.39 Å². The average molecular weight is 292 g/mol. The molecule has 0 heterocycles. The summed E-state index contributed by atoms with van der Waals surface area (Å²) in [5.41, 5.74) is 0.961. The molecule has 0 aromatic heterocycles. The molecule has 0 saturated heterocycles. The second-order valence-corrected chi connectivity index (χ2v) is 5.95. The molecule has 0 spiro atoms. The summed E-state index contributed by atoms with van der Waals surface area (Å²) in [6, 6.07) is 7.39. The van der Waals surface area contributed by atoms with E-state index in [0.717, 1.165) is 17.4 Å². The van der Waals surface area contributed by atoms with E-state index in [1.54, 1.807) is 19.2 Å². The van der Waals surface area contributed by atoms with Gasteiger partial charge in [-0.3, -0.25) is 4.99 Å². The maximum atomic E-state index is 13.4. The van der Waals surface area contributed by atoms with Crippen LogP contribution in [-0.2, 0) is 0 Å². The van der Waals surface area contributed by atoms with Gasteiger partial charge in [-0.2, -0.15) is 0 Å². The van der Waals surface area contributed by atoms with Crippen molar-refractivity contribution in [3.05, 3.63) is 35.6 Å². The Bertz CT molecular complexity index is 501. The predicted molar refractivity (Wildman–Crippen MR) is 84.9 cm³/mol. The number of benzene rings is 1.